The van der Waals surface area contributed by atoms with Crippen LogP contribution in [0.2, 0.25) is 0 Å². The van der Waals surface area contributed by atoms with Crippen molar-refractivity contribution in [3.05, 3.63) is 46.7 Å². The van der Waals surface area contributed by atoms with Crippen molar-refractivity contribution in [1.82, 2.24) is 4.98 Å². The van der Waals surface area contributed by atoms with Crippen LogP contribution >= 0.6 is 11.3 Å². The molecule has 0 spiro atoms. The van der Waals surface area contributed by atoms with Crippen molar-refractivity contribution < 1.29 is 4.39 Å². The number of nitrogens with one attached hydrogen (secondary N) is 1. The van der Waals surface area contributed by atoms with Gasteiger partial charge in [-0.3, -0.25) is 4.98 Å². The Balaban J connectivity index is 1.98. The highest BCUT2D eigenvalue weighted by atomic mass is 32.1. The number of hydrogen-bond acceptors (Lipinski definition) is 3. The molecule has 2 rings (SSSR count). The van der Waals surface area contributed by atoms with Gasteiger partial charge in [0.1, 0.15) is 5.82 Å². The maximum absolute atomic E-state index is 12.7. The molecule has 2 aromatic heterocycles. The Morgan fingerprint density at radius 1 is 1.43 bits per heavy atom. The maximum atomic E-state index is 12.7. The molecule has 0 radical (unpaired) electrons. The van der Waals surface area contributed by atoms with Gasteiger partial charge in [-0.05, 0) is 23.1 Å². The summed E-state index contributed by atoms with van der Waals surface area (Å²) in [7, 11) is 0. The van der Waals surface area contributed by atoms with Crippen LogP contribution in [0.3, 0.4) is 0 Å². The van der Waals surface area contributed by atoms with Crippen molar-refractivity contribution >= 4 is 17.0 Å². The predicted molar refractivity (Wildman–Crippen MR) is 55.8 cm³/mol. The van der Waals surface area contributed by atoms with Crippen LogP contribution in [0.25, 0.3) is 0 Å². The summed E-state index contributed by atoms with van der Waals surface area (Å²) in [5, 5.41) is 7.17. The lowest BCUT2D eigenvalue weighted by atomic mass is 10.3. The second-order valence-corrected chi connectivity index (χ2v) is 3.66. The summed E-state index contributed by atoms with van der Waals surface area (Å²) >= 11 is 1.63. The van der Waals surface area contributed by atoms with Crippen LogP contribution in [0.4, 0.5) is 10.1 Å². The average molecular weight is 208 g/mol. The van der Waals surface area contributed by atoms with Crippen molar-refractivity contribution in [1.29, 1.82) is 0 Å². The van der Waals surface area contributed by atoms with Gasteiger partial charge in [0, 0.05) is 23.8 Å². The molecule has 4 heteroatoms. The van der Waals surface area contributed by atoms with Crippen LogP contribution < -0.4 is 5.32 Å². The molecule has 0 fully saturated rings. The molecule has 0 bridgehead atoms. The van der Waals surface area contributed by atoms with E-state index in [1.807, 2.05) is 16.8 Å². The minimum Gasteiger partial charge on any atom is -0.380 e. The van der Waals surface area contributed by atoms with Crippen LogP contribution in [0.1, 0.15) is 5.56 Å². The molecule has 0 aliphatic rings. The number of hydrogen-bond donors (Lipinski definition) is 1. The molecule has 2 nitrogen and oxygen atoms in total. The molecule has 0 saturated carbocycles. The first kappa shape index (κ1) is 9.15. The molecule has 0 aromatic carbocycles. The molecule has 0 aliphatic carbocycles. The van der Waals surface area contributed by atoms with E-state index in [-0.39, 0.29) is 5.82 Å². The number of anilines is 1. The first-order chi connectivity index (χ1) is 6.84. The molecule has 0 unspecified atom stereocenters. The number of nitrogens with zero attached hydrogens (tertiary/aromatic N) is 1. The maximum Gasteiger partial charge on any atom is 0.141 e. The molecular formula is C10H9FN2S. The zero-order valence-corrected chi connectivity index (χ0v) is 8.22. The van der Waals surface area contributed by atoms with Crippen LogP contribution in [0.15, 0.2) is 35.3 Å². The predicted octanol–water partition coefficient (Wildman–Crippen LogP) is 2.89. The number of halogens is 1. The summed E-state index contributed by atoms with van der Waals surface area (Å²) in [5.41, 5.74) is 1.90. The lowest BCUT2D eigenvalue weighted by Crippen LogP contribution is -1.99. The summed E-state index contributed by atoms with van der Waals surface area (Å²) in [6.07, 6.45) is 2.86. The average Bonchev–Trinajstić information content (AvgIpc) is 2.67. The van der Waals surface area contributed by atoms with Crippen molar-refractivity contribution in [3.8, 4) is 0 Å². The quantitative estimate of drug-likeness (QED) is 0.838. The van der Waals surface area contributed by atoms with Gasteiger partial charge in [0.15, 0.2) is 0 Å². The number of aromatic nitrogens is 1. The van der Waals surface area contributed by atoms with E-state index < -0.39 is 0 Å². The molecule has 72 valence electrons. The fourth-order valence-corrected chi connectivity index (χ4v) is 1.73. The Morgan fingerprint density at radius 2 is 2.36 bits per heavy atom. The highest BCUT2D eigenvalue weighted by Crippen LogP contribution is 2.13. The topological polar surface area (TPSA) is 24.9 Å². The minimum absolute atomic E-state index is 0.297. The van der Waals surface area contributed by atoms with Gasteiger partial charge in [0.2, 0.25) is 0 Å². The monoisotopic (exact) mass is 208 g/mol. The smallest absolute Gasteiger partial charge is 0.141 e. The molecular weight excluding hydrogens is 199 g/mol. The van der Waals surface area contributed by atoms with E-state index in [0.717, 1.165) is 11.3 Å². The molecule has 1 N–H and O–H groups in total. The lowest BCUT2D eigenvalue weighted by Gasteiger charge is -2.02. The zero-order valence-electron chi connectivity index (χ0n) is 7.40. The molecule has 14 heavy (non-hydrogen) atoms. The van der Waals surface area contributed by atoms with Gasteiger partial charge in [-0.15, -0.1) is 0 Å². The molecule has 2 aromatic rings. The SMILES string of the molecule is Fc1cncc(CNc2ccsc2)c1. The van der Waals surface area contributed by atoms with Crippen molar-refractivity contribution in [3.63, 3.8) is 0 Å². The van der Waals surface area contributed by atoms with Gasteiger partial charge in [-0.1, -0.05) is 0 Å². The highest BCUT2D eigenvalue weighted by molar-refractivity contribution is 7.08. The Labute approximate surface area is 85.4 Å². The van der Waals surface area contributed by atoms with Crippen molar-refractivity contribution in [2.24, 2.45) is 0 Å². The Morgan fingerprint density at radius 3 is 3.07 bits per heavy atom. The van der Waals surface area contributed by atoms with E-state index in [4.69, 9.17) is 0 Å². The molecule has 0 aliphatic heterocycles. The van der Waals surface area contributed by atoms with Gasteiger partial charge < -0.3 is 5.32 Å². The molecule has 0 amide bonds. The third-order valence-corrected chi connectivity index (χ3v) is 2.46. The fraction of sp³-hybridized carbons (Fsp3) is 0.100. The molecule has 0 saturated heterocycles. The molecule has 0 atom stereocenters. The summed E-state index contributed by atoms with van der Waals surface area (Å²) in [4.78, 5) is 3.77. The number of thiophene rings is 1. The first-order valence-electron chi connectivity index (χ1n) is 4.20. The summed E-state index contributed by atoms with van der Waals surface area (Å²) in [6, 6.07) is 3.46. The van der Waals surface area contributed by atoms with Gasteiger partial charge in [0.05, 0.1) is 6.20 Å². The van der Waals surface area contributed by atoms with Gasteiger partial charge >= 0.3 is 0 Å². The van der Waals surface area contributed by atoms with Crippen LogP contribution in [-0.2, 0) is 6.54 Å². The Bertz CT molecular complexity index is 400. The standard InChI is InChI=1S/C10H9FN2S/c11-9-3-8(4-12-6-9)5-13-10-1-2-14-7-10/h1-4,6-7,13H,5H2. The highest BCUT2D eigenvalue weighted by Gasteiger charge is 1.96. The Hall–Kier alpha value is -1.42. The number of pyridine rings is 1. The van der Waals surface area contributed by atoms with E-state index in [1.165, 1.54) is 12.3 Å². The van der Waals surface area contributed by atoms with Crippen LogP contribution in [0, 0.1) is 5.82 Å². The van der Waals surface area contributed by atoms with Gasteiger partial charge in [-0.2, -0.15) is 11.3 Å². The summed E-state index contributed by atoms with van der Waals surface area (Å²) < 4.78 is 12.7. The van der Waals surface area contributed by atoms with E-state index >= 15 is 0 Å². The van der Waals surface area contributed by atoms with Crippen molar-refractivity contribution in [2.45, 2.75) is 6.54 Å². The third-order valence-electron chi connectivity index (χ3n) is 1.78. The van der Waals surface area contributed by atoms with E-state index in [9.17, 15) is 4.39 Å². The van der Waals surface area contributed by atoms with E-state index in [2.05, 4.69) is 10.3 Å². The normalized spacial score (nSPS) is 10.1. The van der Waals surface area contributed by atoms with Crippen LogP contribution in [0.5, 0.6) is 0 Å². The van der Waals surface area contributed by atoms with Gasteiger partial charge in [-0.25, -0.2) is 4.39 Å². The number of rotatable bonds is 3. The van der Waals surface area contributed by atoms with E-state index in [0.29, 0.717) is 6.54 Å². The lowest BCUT2D eigenvalue weighted by molar-refractivity contribution is 0.619. The second kappa shape index (κ2) is 4.19. The minimum atomic E-state index is -0.297. The van der Waals surface area contributed by atoms with Crippen molar-refractivity contribution in [2.75, 3.05) is 5.32 Å². The second-order valence-electron chi connectivity index (χ2n) is 2.88. The Kier molecular flexibility index (Phi) is 2.74. The fourth-order valence-electron chi connectivity index (χ4n) is 1.12. The third kappa shape index (κ3) is 2.29. The largest absolute Gasteiger partial charge is 0.380 e. The van der Waals surface area contributed by atoms with Gasteiger partial charge in [0.25, 0.3) is 0 Å². The first-order valence-corrected chi connectivity index (χ1v) is 5.14. The van der Waals surface area contributed by atoms with Crippen LogP contribution in [-0.4, -0.2) is 4.98 Å². The summed E-state index contributed by atoms with van der Waals surface area (Å²) in [6.45, 7) is 0.599. The zero-order chi connectivity index (χ0) is 9.80. The summed E-state index contributed by atoms with van der Waals surface area (Å²) in [5.74, 6) is -0.297. The van der Waals surface area contributed by atoms with E-state index in [1.54, 1.807) is 17.5 Å². The molecule has 2 heterocycles.